The molecule has 1 N–H and O–H groups in total. The van der Waals surface area contributed by atoms with Gasteiger partial charge in [-0.05, 0) is 12.0 Å². The molecule has 3 unspecified atom stereocenters. The molecular weight excluding hydrogens is 338 g/mol. The summed E-state index contributed by atoms with van der Waals surface area (Å²) in [5.74, 6) is -1.32. The van der Waals surface area contributed by atoms with E-state index in [0.29, 0.717) is 12.8 Å². The van der Waals surface area contributed by atoms with E-state index in [1.54, 1.807) is 0 Å². The number of nitrogens with one attached hydrogen (secondary N) is 1. The lowest BCUT2D eigenvalue weighted by atomic mass is 10.0. The topological polar surface area (TPSA) is 83.1 Å². The minimum absolute atomic E-state index is 0.108. The highest BCUT2D eigenvalue weighted by molar-refractivity contribution is 5.82. The molecule has 0 bridgehead atoms. The molecule has 1 spiro atoms. The Kier molecular flexibility index (Phi) is 5.90. The van der Waals surface area contributed by atoms with Gasteiger partial charge in [0.1, 0.15) is 12.7 Å². The average molecular weight is 361 g/mol. The SMILES string of the molecule is COC(=O)C(NC(=O)OCc1ccccc1)C1COC2(CC=CCC2)O1. The van der Waals surface area contributed by atoms with Gasteiger partial charge in [0.25, 0.3) is 0 Å². The summed E-state index contributed by atoms with van der Waals surface area (Å²) in [6.07, 6.45) is 4.92. The maximum Gasteiger partial charge on any atom is 0.408 e. The number of amides is 1. The van der Waals surface area contributed by atoms with E-state index in [9.17, 15) is 9.59 Å². The van der Waals surface area contributed by atoms with Crippen molar-refractivity contribution in [2.75, 3.05) is 13.7 Å². The van der Waals surface area contributed by atoms with E-state index in [2.05, 4.69) is 11.4 Å². The third-order valence-corrected chi connectivity index (χ3v) is 4.48. The van der Waals surface area contributed by atoms with E-state index < -0.39 is 30.0 Å². The smallest absolute Gasteiger partial charge is 0.408 e. The third kappa shape index (κ3) is 4.42. The molecular formula is C19H23NO6. The zero-order valence-corrected chi connectivity index (χ0v) is 14.7. The first-order valence-corrected chi connectivity index (χ1v) is 8.64. The molecule has 26 heavy (non-hydrogen) atoms. The van der Waals surface area contributed by atoms with Crippen molar-refractivity contribution >= 4 is 12.1 Å². The van der Waals surface area contributed by atoms with E-state index in [1.807, 2.05) is 36.4 Å². The number of ether oxygens (including phenoxy) is 4. The van der Waals surface area contributed by atoms with Crippen LogP contribution in [0.4, 0.5) is 4.79 Å². The van der Waals surface area contributed by atoms with Crippen LogP contribution in [0.3, 0.4) is 0 Å². The molecule has 140 valence electrons. The predicted octanol–water partition coefficient (Wildman–Crippen LogP) is 2.31. The van der Waals surface area contributed by atoms with Crippen molar-refractivity contribution in [1.29, 1.82) is 0 Å². The van der Waals surface area contributed by atoms with Gasteiger partial charge in [-0.25, -0.2) is 9.59 Å². The van der Waals surface area contributed by atoms with E-state index in [-0.39, 0.29) is 13.2 Å². The first-order valence-electron chi connectivity index (χ1n) is 8.64. The number of hydrogen-bond donors (Lipinski definition) is 1. The van der Waals surface area contributed by atoms with Crippen molar-refractivity contribution in [3.63, 3.8) is 0 Å². The van der Waals surface area contributed by atoms with Crippen LogP contribution >= 0.6 is 0 Å². The van der Waals surface area contributed by atoms with Crippen LogP contribution in [-0.2, 0) is 30.3 Å². The molecule has 1 heterocycles. The Bertz CT molecular complexity index is 661. The standard InChI is InChI=1S/C19H23NO6/c1-23-17(21)16(15-13-25-19(26-15)10-6-3-7-11-19)20-18(22)24-12-14-8-4-2-5-9-14/h2-6,8-9,15-16H,7,10-13H2,1H3,(H,20,22). The maximum atomic E-state index is 12.1. The van der Waals surface area contributed by atoms with Gasteiger partial charge in [0.2, 0.25) is 0 Å². The van der Waals surface area contributed by atoms with Crippen molar-refractivity contribution in [2.45, 2.75) is 43.8 Å². The van der Waals surface area contributed by atoms with E-state index in [1.165, 1.54) is 7.11 Å². The number of benzene rings is 1. The minimum atomic E-state index is -0.992. The molecule has 1 aromatic rings. The Balaban J connectivity index is 1.58. The molecule has 0 saturated carbocycles. The summed E-state index contributed by atoms with van der Waals surface area (Å²) < 4.78 is 21.8. The van der Waals surface area contributed by atoms with Gasteiger partial charge < -0.3 is 24.3 Å². The number of alkyl carbamates (subject to hydrolysis) is 1. The minimum Gasteiger partial charge on any atom is -0.467 e. The van der Waals surface area contributed by atoms with Gasteiger partial charge in [0.05, 0.1) is 13.7 Å². The van der Waals surface area contributed by atoms with Gasteiger partial charge in [0, 0.05) is 12.8 Å². The number of hydrogen-bond acceptors (Lipinski definition) is 6. The molecule has 1 aliphatic carbocycles. The molecule has 1 amide bonds. The second-order valence-electron chi connectivity index (χ2n) is 6.30. The Morgan fingerprint density at radius 3 is 2.81 bits per heavy atom. The number of rotatable bonds is 5. The summed E-state index contributed by atoms with van der Waals surface area (Å²) in [5.41, 5.74) is 0.852. The van der Waals surface area contributed by atoms with Crippen molar-refractivity contribution in [3.8, 4) is 0 Å². The van der Waals surface area contributed by atoms with Gasteiger partial charge in [-0.1, -0.05) is 42.5 Å². The summed E-state index contributed by atoms with van der Waals surface area (Å²) in [5, 5.41) is 2.54. The summed E-state index contributed by atoms with van der Waals surface area (Å²) in [4.78, 5) is 24.3. The molecule has 1 aliphatic heterocycles. The Morgan fingerprint density at radius 2 is 2.12 bits per heavy atom. The van der Waals surface area contributed by atoms with Crippen molar-refractivity contribution in [2.24, 2.45) is 0 Å². The monoisotopic (exact) mass is 361 g/mol. The van der Waals surface area contributed by atoms with Crippen molar-refractivity contribution in [1.82, 2.24) is 5.32 Å². The maximum absolute atomic E-state index is 12.1. The molecule has 2 aliphatic rings. The largest absolute Gasteiger partial charge is 0.467 e. The highest BCUT2D eigenvalue weighted by atomic mass is 16.7. The van der Waals surface area contributed by atoms with Crippen LogP contribution in [-0.4, -0.2) is 43.7 Å². The van der Waals surface area contributed by atoms with Gasteiger partial charge in [-0.3, -0.25) is 0 Å². The first-order chi connectivity index (χ1) is 12.6. The first kappa shape index (κ1) is 18.4. The molecule has 0 radical (unpaired) electrons. The normalized spacial score (nSPS) is 25.7. The Hall–Kier alpha value is -2.38. The van der Waals surface area contributed by atoms with Crippen LogP contribution < -0.4 is 5.32 Å². The Labute approximate surface area is 152 Å². The van der Waals surface area contributed by atoms with Crippen molar-refractivity contribution < 1.29 is 28.5 Å². The second-order valence-corrected chi connectivity index (χ2v) is 6.30. The zero-order chi connectivity index (χ0) is 18.4. The Morgan fingerprint density at radius 1 is 1.31 bits per heavy atom. The fourth-order valence-electron chi connectivity index (χ4n) is 3.09. The van der Waals surface area contributed by atoms with Crippen LogP contribution in [0.2, 0.25) is 0 Å². The number of allylic oxidation sites excluding steroid dienone is 1. The highest BCUT2D eigenvalue weighted by Crippen LogP contribution is 2.36. The van der Waals surface area contributed by atoms with Crippen LogP contribution in [0.25, 0.3) is 0 Å². The van der Waals surface area contributed by atoms with Crippen LogP contribution in [0.1, 0.15) is 24.8 Å². The summed E-state index contributed by atoms with van der Waals surface area (Å²) >= 11 is 0. The third-order valence-electron chi connectivity index (χ3n) is 4.48. The number of esters is 1. The quantitative estimate of drug-likeness (QED) is 0.640. The highest BCUT2D eigenvalue weighted by Gasteiger charge is 2.46. The number of carbonyl (C=O) groups is 2. The second kappa shape index (κ2) is 8.33. The summed E-state index contributed by atoms with van der Waals surface area (Å²) in [7, 11) is 1.27. The molecule has 1 fully saturated rings. The molecule has 0 aromatic heterocycles. The van der Waals surface area contributed by atoms with E-state index in [4.69, 9.17) is 18.9 Å². The van der Waals surface area contributed by atoms with Gasteiger partial charge in [0.15, 0.2) is 11.8 Å². The lowest BCUT2D eigenvalue weighted by Crippen LogP contribution is -2.51. The van der Waals surface area contributed by atoms with Crippen molar-refractivity contribution in [3.05, 3.63) is 48.0 Å². The van der Waals surface area contributed by atoms with Gasteiger partial charge >= 0.3 is 12.1 Å². The fourth-order valence-corrected chi connectivity index (χ4v) is 3.09. The summed E-state index contributed by atoms with van der Waals surface area (Å²) in [6.45, 7) is 0.309. The molecule has 1 saturated heterocycles. The average Bonchev–Trinajstić information content (AvgIpc) is 3.08. The fraction of sp³-hybridized carbons (Fsp3) is 0.474. The summed E-state index contributed by atoms with van der Waals surface area (Å²) in [6, 6.07) is 8.29. The molecule has 3 rings (SSSR count). The molecule has 1 aromatic carbocycles. The lowest BCUT2D eigenvalue weighted by molar-refractivity contribution is -0.178. The lowest BCUT2D eigenvalue weighted by Gasteiger charge is -2.30. The predicted molar refractivity (Wildman–Crippen MR) is 92.1 cm³/mol. The number of carbonyl (C=O) groups excluding carboxylic acids is 2. The van der Waals surface area contributed by atoms with Crippen LogP contribution in [0.5, 0.6) is 0 Å². The van der Waals surface area contributed by atoms with Crippen LogP contribution in [0.15, 0.2) is 42.5 Å². The molecule has 7 heteroatoms. The molecule has 7 nitrogen and oxygen atoms in total. The van der Waals surface area contributed by atoms with Gasteiger partial charge in [-0.2, -0.15) is 0 Å². The van der Waals surface area contributed by atoms with Crippen LogP contribution in [0, 0.1) is 0 Å². The molecule has 3 atom stereocenters. The van der Waals surface area contributed by atoms with E-state index >= 15 is 0 Å². The zero-order valence-electron chi connectivity index (χ0n) is 14.7. The van der Waals surface area contributed by atoms with Gasteiger partial charge in [-0.15, -0.1) is 0 Å². The van der Waals surface area contributed by atoms with E-state index in [0.717, 1.165) is 12.0 Å². The number of methoxy groups -OCH3 is 1.